The molecular weight excluding hydrogens is 331 g/mol. The van der Waals surface area contributed by atoms with Crippen molar-refractivity contribution in [2.45, 2.75) is 20.3 Å². The zero-order valence-electron chi connectivity index (χ0n) is 11.4. The van der Waals surface area contributed by atoms with Gasteiger partial charge in [-0.25, -0.2) is 9.78 Å². The minimum Gasteiger partial charge on any atom is -0.311 e. The number of rotatable bonds is 4. The molecule has 4 nitrogen and oxygen atoms in total. The maximum atomic E-state index is 11.7. The van der Waals surface area contributed by atoms with Gasteiger partial charge < -0.3 is 4.84 Å². The monoisotopic (exact) mass is 342 g/mol. The van der Waals surface area contributed by atoms with Crippen molar-refractivity contribution in [1.29, 1.82) is 0 Å². The number of aromatic nitrogens is 1. The van der Waals surface area contributed by atoms with Crippen molar-refractivity contribution in [3.8, 4) is 0 Å². The van der Waals surface area contributed by atoms with Gasteiger partial charge in [-0.05, 0) is 31.5 Å². The molecule has 0 aliphatic heterocycles. The molecule has 0 fully saturated rings. The van der Waals surface area contributed by atoms with Crippen LogP contribution in [0.15, 0.2) is 28.7 Å². The molecule has 0 unspecified atom stereocenters. The van der Waals surface area contributed by atoms with E-state index in [-0.39, 0.29) is 5.69 Å². The van der Waals surface area contributed by atoms with Crippen LogP contribution in [0.1, 0.15) is 34.9 Å². The van der Waals surface area contributed by atoms with Gasteiger partial charge in [-0.2, -0.15) is 0 Å². The van der Waals surface area contributed by atoms with Gasteiger partial charge in [-0.3, -0.25) is 0 Å². The summed E-state index contributed by atoms with van der Waals surface area (Å²) in [6.45, 7) is 3.47. The number of thiazole rings is 1. The zero-order valence-corrected chi connectivity index (χ0v) is 13.7. The lowest BCUT2D eigenvalue weighted by atomic mass is 10.1. The molecule has 0 aliphatic carbocycles. The highest BCUT2D eigenvalue weighted by Gasteiger charge is 2.14. The summed E-state index contributed by atoms with van der Waals surface area (Å²) >= 11 is 13.6. The Balaban J connectivity index is 2.14. The molecule has 21 heavy (non-hydrogen) atoms. The van der Waals surface area contributed by atoms with Crippen LogP contribution in [-0.2, 0) is 11.3 Å². The number of hydrogen-bond acceptors (Lipinski definition) is 5. The van der Waals surface area contributed by atoms with Crippen LogP contribution >= 0.6 is 34.5 Å². The molecule has 1 aromatic heterocycles. The largest absolute Gasteiger partial charge is 0.384 e. The van der Waals surface area contributed by atoms with Crippen molar-refractivity contribution in [3.63, 3.8) is 0 Å². The molecule has 0 N–H and O–H groups in total. The van der Waals surface area contributed by atoms with Crippen molar-refractivity contribution in [2.75, 3.05) is 0 Å². The molecule has 0 saturated heterocycles. The summed E-state index contributed by atoms with van der Waals surface area (Å²) in [4.78, 5) is 20.7. The number of carbonyl (C=O) groups excluding carboxylic acids is 1. The lowest BCUT2D eigenvalue weighted by Gasteiger charge is -2.04. The molecule has 0 amide bonds. The van der Waals surface area contributed by atoms with Crippen LogP contribution in [0.5, 0.6) is 0 Å². The van der Waals surface area contributed by atoms with Crippen LogP contribution < -0.4 is 0 Å². The first-order valence-electron chi connectivity index (χ1n) is 6.07. The van der Waals surface area contributed by atoms with E-state index < -0.39 is 5.97 Å². The van der Waals surface area contributed by atoms with Crippen LogP contribution in [0.25, 0.3) is 0 Å². The first-order chi connectivity index (χ1) is 9.97. The summed E-state index contributed by atoms with van der Waals surface area (Å²) in [6.07, 6.45) is 0.465. The number of halogens is 2. The summed E-state index contributed by atoms with van der Waals surface area (Å²) in [5.41, 5.74) is 1.67. The predicted molar refractivity (Wildman–Crippen MR) is 85.6 cm³/mol. The smallest absolute Gasteiger partial charge is 0.311 e. The van der Waals surface area contributed by atoms with Crippen molar-refractivity contribution >= 4 is 46.2 Å². The van der Waals surface area contributed by atoms with Crippen molar-refractivity contribution in [1.82, 2.24) is 4.98 Å². The lowest BCUT2D eigenvalue weighted by molar-refractivity contribution is 0.0509. The molecule has 0 radical (unpaired) electrons. The van der Waals surface area contributed by atoms with Gasteiger partial charge in [-0.1, -0.05) is 34.4 Å². The normalized spacial score (nSPS) is 10.3. The molecule has 0 atom stereocenters. The minimum atomic E-state index is -0.580. The number of hydrogen-bond donors (Lipinski definition) is 0. The second kappa shape index (κ2) is 7.02. The third-order valence-electron chi connectivity index (χ3n) is 2.46. The van der Waals surface area contributed by atoms with Crippen molar-refractivity contribution < 1.29 is 9.63 Å². The van der Waals surface area contributed by atoms with Gasteiger partial charge in [0.2, 0.25) is 0 Å². The highest BCUT2D eigenvalue weighted by atomic mass is 35.5. The third-order valence-corrected chi connectivity index (χ3v) is 4.02. The average Bonchev–Trinajstić information content (AvgIpc) is 2.89. The highest BCUT2D eigenvalue weighted by Crippen LogP contribution is 2.27. The molecule has 2 aromatic rings. The maximum Gasteiger partial charge on any atom is 0.384 e. The van der Waals surface area contributed by atoms with E-state index in [1.807, 2.05) is 0 Å². The summed E-state index contributed by atoms with van der Waals surface area (Å²) < 4.78 is 0. The van der Waals surface area contributed by atoms with Crippen LogP contribution in [0, 0.1) is 0 Å². The van der Waals surface area contributed by atoms with E-state index in [1.54, 1.807) is 37.4 Å². The molecule has 7 heteroatoms. The molecule has 1 heterocycles. The molecule has 2 rings (SSSR count). The molecule has 0 spiro atoms. The molecule has 110 valence electrons. The zero-order chi connectivity index (χ0) is 15.4. The Hall–Kier alpha value is -1.43. The second-order valence-electron chi connectivity index (χ2n) is 4.42. The van der Waals surface area contributed by atoms with Gasteiger partial charge >= 0.3 is 5.97 Å². The quantitative estimate of drug-likeness (QED) is 0.463. The third kappa shape index (κ3) is 4.27. The Morgan fingerprint density at radius 2 is 2.00 bits per heavy atom. The van der Waals surface area contributed by atoms with Crippen LogP contribution in [0.2, 0.25) is 10.0 Å². The fourth-order valence-corrected chi connectivity index (χ4v) is 2.82. The van der Waals surface area contributed by atoms with Gasteiger partial charge in [0.25, 0.3) is 0 Å². The Morgan fingerprint density at radius 1 is 1.33 bits per heavy atom. The Bertz CT molecular complexity index is 674. The van der Waals surface area contributed by atoms with Crippen LogP contribution in [-0.4, -0.2) is 16.7 Å². The number of nitrogens with zero attached hydrogens (tertiary/aromatic N) is 2. The van der Waals surface area contributed by atoms with E-state index in [0.717, 1.165) is 10.6 Å². The molecule has 0 saturated carbocycles. The van der Waals surface area contributed by atoms with E-state index in [9.17, 15) is 4.79 Å². The summed E-state index contributed by atoms with van der Waals surface area (Å²) in [5, 5.41) is 7.12. The van der Waals surface area contributed by atoms with Crippen molar-refractivity contribution in [3.05, 3.63) is 49.9 Å². The van der Waals surface area contributed by atoms with Gasteiger partial charge in [0.15, 0.2) is 5.69 Å². The maximum absolute atomic E-state index is 11.7. The van der Waals surface area contributed by atoms with E-state index in [4.69, 9.17) is 28.0 Å². The number of oxime groups is 1. The molecule has 0 aliphatic rings. The fraction of sp³-hybridized carbons (Fsp3) is 0.214. The molecular formula is C14H12Cl2N2O2S. The lowest BCUT2D eigenvalue weighted by Crippen LogP contribution is -2.03. The average molecular weight is 343 g/mol. The van der Waals surface area contributed by atoms with Gasteiger partial charge in [-0.15, -0.1) is 11.3 Å². The first kappa shape index (κ1) is 15.9. The number of benzene rings is 1. The topological polar surface area (TPSA) is 51.5 Å². The van der Waals surface area contributed by atoms with Gasteiger partial charge in [0.1, 0.15) is 0 Å². The predicted octanol–water partition coefficient (Wildman–Crippen LogP) is 4.59. The standard InChI is InChI=1S/C14H12Cl2N2O2S/c1-8(2)18-20-14(19)12-7-21-13(17-12)6-9-10(15)4-3-5-11(9)16/h3-5,7H,6H2,1-2H3. The molecule has 1 aromatic carbocycles. The van der Waals surface area contributed by atoms with E-state index in [2.05, 4.69) is 10.1 Å². The van der Waals surface area contributed by atoms with Crippen LogP contribution in [0.3, 0.4) is 0 Å². The van der Waals surface area contributed by atoms with E-state index in [0.29, 0.717) is 22.2 Å². The summed E-state index contributed by atoms with van der Waals surface area (Å²) in [7, 11) is 0. The highest BCUT2D eigenvalue weighted by molar-refractivity contribution is 7.09. The summed E-state index contributed by atoms with van der Waals surface area (Å²) in [5.74, 6) is -0.580. The molecule has 0 bridgehead atoms. The second-order valence-corrected chi connectivity index (χ2v) is 6.18. The van der Waals surface area contributed by atoms with Crippen molar-refractivity contribution in [2.24, 2.45) is 5.16 Å². The first-order valence-corrected chi connectivity index (χ1v) is 7.70. The minimum absolute atomic E-state index is 0.225. The van der Waals surface area contributed by atoms with Crippen LogP contribution in [0.4, 0.5) is 0 Å². The summed E-state index contributed by atoms with van der Waals surface area (Å²) in [6, 6.07) is 5.32. The Morgan fingerprint density at radius 3 is 2.62 bits per heavy atom. The van der Waals surface area contributed by atoms with E-state index in [1.165, 1.54) is 11.3 Å². The van der Waals surface area contributed by atoms with Gasteiger partial charge in [0, 0.05) is 21.8 Å². The fourth-order valence-electron chi connectivity index (χ4n) is 1.52. The SMILES string of the molecule is CC(C)=NOC(=O)c1csc(Cc2c(Cl)cccc2Cl)n1. The van der Waals surface area contributed by atoms with Gasteiger partial charge in [0.05, 0.1) is 10.7 Å². The Labute approximate surface area is 136 Å². The van der Waals surface area contributed by atoms with E-state index >= 15 is 0 Å². The Kier molecular flexibility index (Phi) is 5.33. The number of carbonyl (C=O) groups is 1.